The lowest BCUT2D eigenvalue weighted by atomic mass is 10.1. The van der Waals surface area contributed by atoms with Crippen LogP contribution in [0.2, 0.25) is 0 Å². The number of hydrogen-bond donors (Lipinski definition) is 2. The Kier molecular flexibility index (Phi) is 4.65. The first kappa shape index (κ1) is 15.1. The Morgan fingerprint density at radius 3 is 2.48 bits per heavy atom. The van der Waals surface area contributed by atoms with E-state index < -0.39 is 17.5 Å². The normalized spacial score (nSPS) is 12.1. The summed E-state index contributed by atoms with van der Waals surface area (Å²) in [6, 6.07) is 9.85. The molecular weight excluding hydrogens is 274 g/mol. The molecule has 0 aromatic heterocycles. The largest absolute Gasteiger partial charge is 0.366 e. The number of nitrogens with two attached hydrogens (primary N) is 1. The number of nitrogens with one attached hydrogen (secondary N) is 1. The van der Waals surface area contributed by atoms with Gasteiger partial charge in [0.15, 0.2) is 0 Å². The van der Waals surface area contributed by atoms with E-state index in [1.807, 2.05) is 0 Å². The van der Waals surface area contributed by atoms with Gasteiger partial charge in [-0.1, -0.05) is 12.1 Å². The highest BCUT2D eigenvalue weighted by atomic mass is 19.1. The molecule has 0 aliphatic carbocycles. The summed E-state index contributed by atoms with van der Waals surface area (Å²) < 4.78 is 26.8. The lowest BCUT2D eigenvalue weighted by molar-refractivity contribution is 0.100. The maximum atomic E-state index is 13.6. The lowest BCUT2D eigenvalue weighted by Gasteiger charge is -2.15. The lowest BCUT2D eigenvalue weighted by Crippen LogP contribution is -2.19. The minimum absolute atomic E-state index is 0.281. The topological polar surface area (TPSA) is 55.1 Å². The van der Waals surface area contributed by atoms with Gasteiger partial charge in [0.25, 0.3) is 0 Å². The average Bonchev–Trinajstić information content (AvgIpc) is 2.47. The van der Waals surface area contributed by atoms with E-state index in [1.165, 1.54) is 6.07 Å². The van der Waals surface area contributed by atoms with Crippen molar-refractivity contribution in [1.82, 2.24) is 5.32 Å². The molecule has 2 aromatic rings. The molecule has 0 spiro atoms. The van der Waals surface area contributed by atoms with Crippen molar-refractivity contribution in [2.45, 2.75) is 19.5 Å². The second-order valence-electron chi connectivity index (χ2n) is 4.83. The summed E-state index contributed by atoms with van der Waals surface area (Å²) in [5, 5.41) is 3.11. The predicted molar refractivity (Wildman–Crippen MR) is 76.6 cm³/mol. The molecule has 0 saturated heterocycles. The van der Waals surface area contributed by atoms with Crippen LogP contribution >= 0.6 is 0 Å². The van der Waals surface area contributed by atoms with Gasteiger partial charge in [-0.15, -0.1) is 0 Å². The van der Waals surface area contributed by atoms with Gasteiger partial charge in [0.1, 0.15) is 11.6 Å². The Labute approximate surface area is 121 Å². The molecule has 1 unspecified atom stereocenters. The molecule has 3 nitrogen and oxygen atoms in total. The average molecular weight is 290 g/mol. The van der Waals surface area contributed by atoms with Crippen molar-refractivity contribution in [3.63, 3.8) is 0 Å². The molecule has 2 aromatic carbocycles. The van der Waals surface area contributed by atoms with E-state index in [0.717, 1.165) is 17.7 Å². The molecule has 0 aliphatic rings. The van der Waals surface area contributed by atoms with Crippen molar-refractivity contribution in [2.24, 2.45) is 5.73 Å². The Balaban J connectivity index is 2.02. The van der Waals surface area contributed by atoms with Crippen LogP contribution in [0.1, 0.15) is 34.5 Å². The third-order valence-electron chi connectivity index (χ3n) is 3.28. The van der Waals surface area contributed by atoms with Gasteiger partial charge in [0.05, 0.1) is 0 Å². The van der Waals surface area contributed by atoms with E-state index in [4.69, 9.17) is 5.73 Å². The Morgan fingerprint density at radius 2 is 1.86 bits per heavy atom. The van der Waals surface area contributed by atoms with Gasteiger partial charge >= 0.3 is 0 Å². The van der Waals surface area contributed by atoms with E-state index in [1.54, 1.807) is 31.2 Å². The van der Waals surface area contributed by atoms with Crippen LogP contribution < -0.4 is 11.1 Å². The molecule has 3 N–H and O–H groups in total. The molecule has 2 rings (SSSR count). The Hall–Kier alpha value is -2.27. The molecule has 0 radical (unpaired) electrons. The molecule has 21 heavy (non-hydrogen) atoms. The number of primary amides is 1. The molecule has 0 heterocycles. The molecule has 0 aliphatic heterocycles. The highest BCUT2D eigenvalue weighted by molar-refractivity contribution is 5.92. The number of rotatable bonds is 5. The van der Waals surface area contributed by atoms with E-state index in [2.05, 4.69) is 5.32 Å². The zero-order valence-electron chi connectivity index (χ0n) is 11.6. The smallest absolute Gasteiger partial charge is 0.248 e. The van der Waals surface area contributed by atoms with Crippen molar-refractivity contribution in [3.05, 3.63) is 70.8 Å². The fourth-order valence-electron chi connectivity index (χ4n) is 2.01. The van der Waals surface area contributed by atoms with Crippen molar-refractivity contribution in [1.29, 1.82) is 0 Å². The number of halogens is 2. The summed E-state index contributed by atoms with van der Waals surface area (Å²) in [7, 11) is 0. The van der Waals surface area contributed by atoms with Gasteiger partial charge < -0.3 is 11.1 Å². The minimum Gasteiger partial charge on any atom is -0.366 e. The van der Waals surface area contributed by atoms with E-state index in [0.29, 0.717) is 12.1 Å². The molecule has 1 atom stereocenters. The van der Waals surface area contributed by atoms with Crippen LogP contribution in [0.25, 0.3) is 0 Å². The first-order chi connectivity index (χ1) is 9.97. The van der Waals surface area contributed by atoms with E-state index in [-0.39, 0.29) is 11.6 Å². The van der Waals surface area contributed by atoms with Crippen LogP contribution in [-0.4, -0.2) is 5.91 Å². The van der Waals surface area contributed by atoms with Gasteiger partial charge in [-0.05, 0) is 42.8 Å². The van der Waals surface area contributed by atoms with Crippen LogP contribution in [0.15, 0.2) is 42.5 Å². The maximum absolute atomic E-state index is 13.6. The predicted octanol–water partition coefficient (Wildman–Crippen LogP) is 2.91. The molecule has 0 saturated carbocycles. The molecule has 0 bridgehead atoms. The fraction of sp³-hybridized carbons (Fsp3) is 0.188. The van der Waals surface area contributed by atoms with Crippen LogP contribution in [-0.2, 0) is 6.54 Å². The van der Waals surface area contributed by atoms with E-state index in [9.17, 15) is 13.6 Å². The number of amides is 1. The second kappa shape index (κ2) is 6.45. The monoisotopic (exact) mass is 290 g/mol. The zero-order chi connectivity index (χ0) is 15.4. The van der Waals surface area contributed by atoms with Crippen molar-refractivity contribution >= 4 is 5.91 Å². The summed E-state index contributed by atoms with van der Waals surface area (Å²) in [5.41, 5.74) is 6.80. The molecular formula is C16H16F2N2O. The van der Waals surface area contributed by atoms with Gasteiger partial charge in [0, 0.05) is 23.7 Å². The summed E-state index contributed by atoms with van der Waals surface area (Å²) >= 11 is 0. The minimum atomic E-state index is -0.482. The quantitative estimate of drug-likeness (QED) is 0.889. The maximum Gasteiger partial charge on any atom is 0.248 e. The third-order valence-corrected chi connectivity index (χ3v) is 3.28. The highest BCUT2D eigenvalue weighted by Gasteiger charge is 2.11. The summed E-state index contributed by atoms with van der Waals surface area (Å²) in [6.45, 7) is 2.23. The SMILES string of the molecule is CC(NCc1ccc(C(N)=O)cc1)c1cc(F)ccc1F. The highest BCUT2D eigenvalue weighted by Crippen LogP contribution is 2.18. The van der Waals surface area contributed by atoms with Gasteiger partial charge in [-0.3, -0.25) is 4.79 Å². The molecule has 0 fully saturated rings. The molecule has 1 amide bonds. The van der Waals surface area contributed by atoms with Crippen LogP contribution in [0.4, 0.5) is 8.78 Å². The Morgan fingerprint density at radius 1 is 1.19 bits per heavy atom. The first-order valence-corrected chi connectivity index (χ1v) is 6.54. The third kappa shape index (κ3) is 3.86. The van der Waals surface area contributed by atoms with Crippen molar-refractivity contribution in [3.8, 4) is 0 Å². The number of carbonyl (C=O) groups excluding carboxylic acids is 1. The Bertz CT molecular complexity index is 641. The summed E-state index contributed by atoms with van der Waals surface area (Å²) in [6.07, 6.45) is 0. The van der Waals surface area contributed by atoms with Crippen LogP contribution in [0.3, 0.4) is 0 Å². The first-order valence-electron chi connectivity index (χ1n) is 6.54. The second-order valence-corrected chi connectivity index (χ2v) is 4.83. The number of carbonyl (C=O) groups is 1. The standard InChI is InChI=1S/C16H16F2N2O/c1-10(14-8-13(17)6-7-15(14)18)20-9-11-2-4-12(5-3-11)16(19)21/h2-8,10,20H,9H2,1H3,(H2,19,21). The molecule has 5 heteroatoms. The summed E-state index contributed by atoms with van der Waals surface area (Å²) in [5.74, 6) is -1.39. The zero-order valence-corrected chi connectivity index (χ0v) is 11.6. The van der Waals surface area contributed by atoms with Crippen molar-refractivity contribution in [2.75, 3.05) is 0 Å². The van der Waals surface area contributed by atoms with Crippen LogP contribution in [0.5, 0.6) is 0 Å². The van der Waals surface area contributed by atoms with Gasteiger partial charge in [-0.25, -0.2) is 8.78 Å². The van der Waals surface area contributed by atoms with Crippen LogP contribution in [0, 0.1) is 11.6 Å². The van der Waals surface area contributed by atoms with Gasteiger partial charge in [0.2, 0.25) is 5.91 Å². The van der Waals surface area contributed by atoms with Gasteiger partial charge in [-0.2, -0.15) is 0 Å². The molecule has 110 valence electrons. The van der Waals surface area contributed by atoms with E-state index >= 15 is 0 Å². The van der Waals surface area contributed by atoms with Crippen molar-refractivity contribution < 1.29 is 13.6 Å². The summed E-state index contributed by atoms with van der Waals surface area (Å²) in [4.78, 5) is 11.0. The number of benzene rings is 2. The fourth-order valence-corrected chi connectivity index (χ4v) is 2.01. The number of hydrogen-bond acceptors (Lipinski definition) is 2.